The molecular weight excluding hydrogens is 271 g/mol. The van der Waals surface area contributed by atoms with Crippen LogP contribution in [0.5, 0.6) is 5.75 Å². The molecule has 3 rings (SSSR count). The maximum Gasteiger partial charge on any atom is 0.262 e. The summed E-state index contributed by atoms with van der Waals surface area (Å²) in [4.78, 5) is 11.3. The second-order valence-electron chi connectivity index (χ2n) is 5.08. The molecule has 0 bridgehead atoms. The van der Waals surface area contributed by atoms with Gasteiger partial charge >= 0.3 is 0 Å². The lowest BCUT2D eigenvalue weighted by molar-refractivity contribution is -0.118. The lowest BCUT2D eigenvalue weighted by Crippen LogP contribution is -2.25. The highest BCUT2D eigenvalue weighted by molar-refractivity contribution is 5.95. The Kier molecular flexibility index (Phi) is 3.35. The molecule has 0 spiro atoms. The van der Waals surface area contributed by atoms with E-state index in [9.17, 15) is 9.18 Å². The SMILES string of the molecule is Cc1ccc(C(N)c2ccc3c(c2)NC(=O)CO3)cc1F. The molecule has 5 heteroatoms. The molecular formula is C16H15FN2O2. The number of anilines is 1. The Morgan fingerprint density at radius 3 is 2.71 bits per heavy atom. The highest BCUT2D eigenvalue weighted by atomic mass is 19.1. The van der Waals surface area contributed by atoms with Gasteiger partial charge in [0.25, 0.3) is 5.91 Å². The molecule has 21 heavy (non-hydrogen) atoms. The number of rotatable bonds is 2. The third kappa shape index (κ3) is 2.60. The zero-order valence-corrected chi connectivity index (χ0v) is 11.5. The Balaban J connectivity index is 1.94. The van der Waals surface area contributed by atoms with Gasteiger partial charge < -0.3 is 15.8 Å². The smallest absolute Gasteiger partial charge is 0.262 e. The quantitative estimate of drug-likeness (QED) is 0.891. The Labute approximate surface area is 121 Å². The minimum atomic E-state index is -0.468. The Morgan fingerprint density at radius 1 is 1.24 bits per heavy atom. The third-order valence-electron chi connectivity index (χ3n) is 3.55. The molecule has 1 aliphatic rings. The normalized spacial score (nSPS) is 14.9. The van der Waals surface area contributed by atoms with E-state index in [4.69, 9.17) is 10.5 Å². The minimum Gasteiger partial charge on any atom is -0.482 e. The van der Waals surface area contributed by atoms with Crippen molar-refractivity contribution in [3.05, 3.63) is 58.9 Å². The average molecular weight is 286 g/mol. The summed E-state index contributed by atoms with van der Waals surface area (Å²) in [5.74, 6) is 0.132. The predicted molar refractivity (Wildman–Crippen MR) is 77.7 cm³/mol. The summed E-state index contributed by atoms with van der Waals surface area (Å²) in [6.07, 6.45) is 0. The molecule has 0 radical (unpaired) electrons. The topological polar surface area (TPSA) is 64.3 Å². The van der Waals surface area contributed by atoms with Crippen molar-refractivity contribution in [2.75, 3.05) is 11.9 Å². The first kappa shape index (κ1) is 13.6. The fraction of sp³-hybridized carbons (Fsp3) is 0.188. The van der Waals surface area contributed by atoms with Crippen LogP contribution in [-0.4, -0.2) is 12.5 Å². The molecule has 3 N–H and O–H groups in total. The van der Waals surface area contributed by atoms with Crippen LogP contribution in [0.15, 0.2) is 36.4 Å². The average Bonchev–Trinajstić information content (AvgIpc) is 2.48. The second kappa shape index (κ2) is 5.18. The van der Waals surface area contributed by atoms with Crippen molar-refractivity contribution in [3.63, 3.8) is 0 Å². The number of nitrogens with one attached hydrogen (secondary N) is 1. The molecule has 1 atom stereocenters. The summed E-state index contributed by atoms with van der Waals surface area (Å²) in [7, 11) is 0. The number of hydrogen-bond donors (Lipinski definition) is 2. The molecule has 2 aromatic rings. The number of benzene rings is 2. The molecule has 1 heterocycles. The summed E-state index contributed by atoms with van der Waals surface area (Å²) in [5.41, 5.74) is 8.82. The highest BCUT2D eigenvalue weighted by Crippen LogP contribution is 2.32. The largest absolute Gasteiger partial charge is 0.482 e. The number of fused-ring (bicyclic) bond motifs is 1. The van der Waals surface area contributed by atoms with E-state index in [0.717, 1.165) is 5.56 Å². The van der Waals surface area contributed by atoms with Crippen molar-refractivity contribution in [2.24, 2.45) is 5.73 Å². The zero-order chi connectivity index (χ0) is 15.0. The lowest BCUT2D eigenvalue weighted by atomic mass is 9.97. The van der Waals surface area contributed by atoms with Crippen LogP contribution in [0.4, 0.5) is 10.1 Å². The molecule has 2 aromatic carbocycles. The monoisotopic (exact) mass is 286 g/mol. The molecule has 1 amide bonds. The van der Waals surface area contributed by atoms with E-state index in [1.54, 1.807) is 31.2 Å². The summed E-state index contributed by atoms with van der Waals surface area (Å²) in [5, 5.41) is 2.73. The number of carbonyl (C=O) groups excluding carboxylic acids is 1. The number of halogens is 1. The molecule has 1 unspecified atom stereocenters. The van der Waals surface area contributed by atoms with Gasteiger partial charge in [0, 0.05) is 0 Å². The first-order valence-corrected chi connectivity index (χ1v) is 6.63. The van der Waals surface area contributed by atoms with E-state index < -0.39 is 6.04 Å². The van der Waals surface area contributed by atoms with E-state index in [-0.39, 0.29) is 18.3 Å². The van der Waals surface area contributed by atoms with Crippen LogP contribution < -0.4 is 15.8 Å². The standard InChI is InChI=1S/C16H15FN2O2/c1-9-2-3-10(6-12(9)17)16(18)11-4-5-14-13(7-11)19-15(20)8-21-14/h2-7,16H,8,18H2,1H3,(H,19,20). The van der Waals surface area contributed by atoms with Crippen LogP contribution in [-0.2, 0) is 4.79 Å². The number of ether oxygens (including phenoxy) is 1. The van der Waals surface area contributed by atoms with Crippen LogP contribution in [0.3, 0.4) is 0 Å². The number of aryl methyl sites for hydroxylation is 1. The van der Waals surface area contributed by atoms with Gasteiger partial charge in [-0.1, -0.05) is 18.2 Å². The molecule has 0 saturated carbocycles. The van der Waals surface area contributed by atoms with Crippen LogP contribution in [0.25, 0.3) is 0 Å². The maximum absolute atomic E-state index is 13.6. The van der Waals surface area contributed by atoms with Gasteiger partial charge in [0.2, 0.25) is 0 Å². The number of hydrogen-bond acceptors (Lipinski definition) is 3. The van der Waals surface area contributed by atoms with Crippen molar-refractivity contribution in [3.8, 4) is 5.75 Å². The van der Waals surface area contributed by atoms with Gasteiger partial charge in [-0.15, -0.1) is 0 Å². The van der Waals surface area contributed by atoms with Crippen molar-refractivity contribution < 1.29 is 13.9 Å². The molecule has 4 nitrogen and oxygen atoms in total. The van der Waals surface area contributed by atoms with Crippen LogP contribution in [0.1, 0.15) is 22.7 Å². The van der Waals surface area contributed by atoms with Gasteiger partial charge in [-0.2, -0.15) is 0 Å². The molecule has 108 valence electrons. The highest BCUT2D eigenvalue weighted by Gasteiger charge is 2.18. The molecule has 0 aromatic heterocycles. The first-order valence-electron chi connectivity index (χ1n) is 6.63. The van der Waals surface area contributed by atoms with Crippen LogP contribution >= 0.6 is 0 Å². The van der Waals surface area contributed by atoms with Gasteiger partial charge in [0.1, 0.15) is 11.6 Å². The van der Waals surface area contributed by atoms with Gasteiger partial charge in [-0.25, -0.2) is 4.39 Å². The molecule has 0 aliphatic carbocycles. The fourth-order valence-corrected chi connectivity index (χ4v) is 2.29. The van der Waals surface area contributed by atoms with Crippen molar-refractivity contribution >= 4 is 11.6 Å². The van der Waals surface area contributed by atoms with Crippen LogP contribution in [0, 0.1) is 12.7 Å². The van der Waals surface area contributed by atoms with Gasteiger partial charge in [-0.3, -0.25) is 4.79 Å². The Bertz CT molecular complexity index is 715. The van der Waals surface area contributed by atoms with Gasteiger partial charge in [0.15, 0.2) is 6.61 Å². The van der Waals surface area contributed by atoms with E-state index in [0.29, 0.717) is 22.6 Å². The first-order chi connectivity index (χ1) is 10.0. The summed E-state index contributed by atoms with van der Waals surface area (Å²) in [6, 6.07) is 9.81. The molecule has 0 saturated heterocycles. The lowest BCUT2D eigenvalue weighted by Gasteiger charge is -2.20. The molecule has 0 fully saturated rings. The summed E-state index contributed by atoms with van der Waals surface area (Å²) >= 11 is 0. The fourth-order valence-electron chi connectivity index (χ4n) is 2.29. The van der Waals surface area contributed by atoms with Crippen LogP contribution in [0.2, 0.25) is 0 Å². The van der Waals surface area contributed by atoms with Gasteiger partial charge in [-0.05, 0) is 41.8 Å². The zero-order valence-electron chi connectivity index (χ0n) is 11.5. The van der Waals surface area contributed by atoms with Crippen molar-refractivity contribution in [1.82, 2.24) is 0 Å². The Morgan fingerprint density at radius 2 is 1.95 bits per heavy atom. The number of nitrogens with two attached hydrogens (primary N) is 1. The van der Waals surface area contributed by atoms with Crippen molar-refractivity contribution in [2.45, 2.75) is 13.0 Å². The van der Waals surface area contributed by atoms with E-state index in [1.165, 1.54) is 6.07 Å². The van der Waals surface area contributed by atoms with Gasteiger partial charge in [0.05, 0.1) is 11.7 Å². The number of amides is 1. The van der Waals surface area contributed by atoms with E-state index >= 15 is 0 Å². The summed E-state index contributed by atoms with van der Waals surface area (Å²) < 4.78 is 18.9. The third-order valence-corrected chi connectivity index (χ3v) is 3.55. The molecule has 1 aliphatic heterocycles. The Hall–Kier alpha value is -2.40. The van der Waals surface area contributed by atoms with Crippen molar-refractivity contribution in [1.29, 1.82) is 0 Å². The number of carbonyl (C=O) groups is 1. The maximum atomic E-state index is 13.6. The summed E-state index contributed by atoms with van der Waals surface area (Å²) in [6.45, 7) is 1.72. The van der Waals surface area contributed by atoms with E-state index in [2.05, 4.69) is 5.32 Å². The minimum absolute atomic E-state index is 0.0155. The predicted octanol–water partition coefficient (Wildman–Crippen LogP) is 2.51. The second-order valence-corrected chi connectivity index (χ2v) is 5.08. The van der Waals surface area contributed by atoms with E-state index in [1.807, 2.05) is 6.07 Å².